The Kier molecular flexibility index (Phi) is 3.05. The van der Waals surface area contributed by atoms with Gasteiger partial charge in [0.25, 0.3) is 5.91 Å². The number of hydrogen-bond acceptors (Lipinski definition) is 4. The number of fused-ring (bicyclic) bond motifs is 5. The van der Waals surface area contributed by atoms with Gasteiger partial charge in [-0.2, -0.15) is 0 Å². The predicted octanol–water partition coefficient (Wildman–Crippen LogP) is 3.32. The van der Waals surface area contributed by atoms with Gasteiger partial charge in [0.1, 0.15) is 10.7 Å². The van der Waals surface area contributed by atoms with Crippen LogP contribution in [0.15, 0.2) is 29.9 Å². The number of carbonyl (C=O) groups excluding carboxylic acids is 1. The maximum Gasteiger partial charge on any atom is 0.273 e. The fraction of sp³-hybridized carbons (Fsp3) is 0.500. The van der Waals surface area contributed by atoms with Crippen LogP contribution in [0.1, 0.15) is 29.8 Å². The van der Waals surface area contributed by atoms with Gasteiger partial charge in [-0.25, -0.2) is 4.98 Å². The van der Waals surface area contributed by atoms with Crippen molar-refractivity contribution in [1.29, 1.82) is 0 Å². The number of likely N-dealkylation sites (tertiary alicyclic amines) is 1. The summed E-state index contributed by atoms with van der Waals surface area (Å²) in [5.74, 6) is 3.39. The first-order valence-corrected chi connectivity index (χ1v) is 9.33. The van der Waals surface area contributed by atoms with Crippen molar-refractivity contribution in [2.75, 3.05) is 13.1 Å². The molecule has 3 fully saturated rings. The van der Waals surface area contributed by atoms with E-state index < -0.39 is 0 Å². The van der Waals surface area contributed by atoms with Crippen molar-refractivity contribution in [3.63, 3.8) is 0 Å². The molecular formula is C18H19N3OS. The minimum absolute atomic E-state index is 0.116. The Balaban J connectivity index is 1.35. The number of carbonyl (C=O) groups is 1. The number of nitrogens with zero attached hydrogens (tertiary/aromatic N) is 3. The van der Waals surface area contributed by atoms with Gasteiger partial charge < -0.3 is 4.90 Å². The van der Waals surface area contributed by atoms with Gasteiger partial charge in [0.15, 0.2) is 0 Å². The molecule has 4 nitrogen and oxygen atoms in total. The summed E-state index contributed by atoms with van der Waals surface area (Å²) in [5, 5.41) is 2.77. The van der Waals surface area contributed by atoms with E-state index in [1.807, 2.05) is 17.5 Å². The third-order valence-electron chi connectivity index (χ3n) is 6.06. The summed E-state index contributed by atoms with van der Waals surface area (Å²) in [5.41, 5.74) is 1.58. The van der Waals surface area contributed by atoms with E-state index in [1.54, 1.807) is 12.4 Å². The number of rotatable bonds is 2. The van der Waals surface area contributed by atoms with Crippen LogP contribution in [0.4, 0.5) is 0 Å². The van der Waals surface area contributed by atoms with Crippen molar-refractivity contribution >= 4 is 17.2 Å². The van der Waals surface area contributed by atoms with E-state index in [2.05, 4.69) is 14.9 Å². The van der Waals surface area contributed by atoms with E-state index in [-0.39, 0.29) is 5.91 Å². The summed E-state index contributed by atoms with van der Waals surface area (Å²) in [6.45, 7) is 1.90. The number of aromatic nitrogens is 2. The average Bonchev–Trinajstić information content (AvgIpc) is 3.35. The zero-order valence-corrected chi connectivity index (χ0v) is 13.7. The minimum atomic E-state index is 0.116. The van der Waals surface area contributed by atoms with E-state index in [9.17, 15) is 4.79 Å². The van der Waals surface area contributed by atoms with Crippen molar-refractivity contribution < 1.29 is 4.79 Å². The Bertz CT molecular complexity index is 726. The molecule has 3 aliphatic rings. The van der Waals surface area contributed by atoms with Crippen molar-refractivity contribution in [3.8, 4) is 10.6 Å². The first-order valence-electron chi connectivity index (χ1n) is 8.45. The van der Waals surface area contributed by atoms with Crippen LogP contribution in [0.2, 0.25) is 0 Å². The molecule has 0 unspecified atom stereocenters. The zero-order chi connectivity index (χ0) is 15.4. The van der Waals surface area contributed by atoms with Gasteiger partial charge in [0, 0.05) is 36.4 Å². The topological polar surface area (TPSA) is 46.1 Å². The van der Waals surface area contributed by atoms with Crippen LogP contribution in [0, 0.1) is 23.7 Å². The van der Waals surface area contributed by atoms with Crippen molar-refractivity contribution in [1.82, 2.24) is 14.9 Å². The Labute approximate surface area is 139 Å². The smallest absolute Gasteiger partial charge is 0.273 e. The van der Waals surface area contributed by atoms with Crippen LogP contribution < -0.4 is 0 Å². The van der Waals surface area contributed by atoms with E-state index in [0.717, 1.165) is 47.3 Å². The summed E-state index contributed by atoms with van der Waals surface area (Å²) in [6, 6.07) is 3.88. The van der Waals surface area contributed by atoms with Crippen LogP contribution in [-0.4, -0.2) is 33.9 Å². The van der Waals surface area contributed by atoms with Crippen LogP contribution in [0.5, 0.6) is 0 Å². The quantitative estimate of drug-likeness (QED) is 0.851. The third-order valence-corrected chi connectivity index (χ3v) is 6.95. The van der Waals surface area contributed by atoms with Gasteiger partial charge in [-0.05, 0) is 55.1 Å². The van der Waals surface area contributed by atoms with Gasteiger partial charge in [-0.1, -0.05) is 0 Å². The molecule has 2 aliphatic carbocycles. The van der Waals surface area contributed by atoms with Crippen LogP contribution >= 0.6 is 11.3 Å². The Hall–Kier alpha value is -1.75. The van der Waals surface area contributed by atoms with Gasteiger partial charge in [0.2, 0.25) is 0 Å². The molecule has 2 saturated carbocycles. The first-order chi connectivity index (χ1) is 11.3. The highest BCUT2D eigenvalue weighted by atomic mass is 32.1. The molecule has 1 amide bonds. The molecule has 118 valence electrons. The van der Waals surface area contributed by atoms with Gasteiger partial charge in [-0.15, -0.1) is 11.3 Å². The van der Waals surface area contributed by atoms with Crippen molar-refractivity contribution in [3.05, 3.63) is 35.6 Å². The molecule has 1 aliphatic heterocycles. The summed E-state index contributed by atoms with van der Waals surface area (Å²) >= 11 is 1.53. The monoisotopic (exact) mass is 325 g/mol. The predicted molar refractivity (Wildman–Crippen MR) is 89.1 cm³/mol. The number of hydrogen-bond donors (Lipinski definition) is 0. The standard InChI is InChI=1S/C18H19N3OS/c22-18(16-10-23-17(20-16)13-2-1-5-19-7-13)21-8-14-11-3-4-12(6-11)15(14)9-21/h1-2,5,7,10-12,14-15H,3-4,6,8-9H2/t11-,12+,14-,15+. The van der Waals surface area contributed by atoms with Crippen LogP contribution in [-0.2, 0) is 0 Å². The van der Waals surface area contributed by atoms with Gasteiger partial charge in [0.05, 0.1) is 0 Å². The molecule has 0 aromatic carbocycles. The second-order valence-corrected chi connectivity index (χ2v) is 8.01. The maximum absolute atomic E-state index is 12.8. The highest BCUT2D eigenvalue weighted by molar-refractivity contribution is 7.13. The number of thiazole rings is 1. The van der Waals surface area contributed by atoms with E-state index in [1.165, 1.54) is 30.6 Å². The molecular weight excluding hydrogens is 306 g/mol. The van der Waals surface area contributed by atoms with E-state index in [0.29, 0.717) is 5.69 Å². The molecule has 1 saturated heterocycles. The van der Waals surface area contributed by atoms with E-state index >= 15 is 0 Å². The lowest BCUT2D eigenvalue weighted by molar-refractivity contribution is 0.0771. The Morgan fingerprint density at radius 3 is 2.70 bits per heavy atom. The molecule has 5 rings (SSSR count). The molecule has 4 atom stereocenters. The van der Waals surface area contributed by atoms with Crippen LogP contribution in [0.3, 0.4) is 0 Å². The zero-order valence-electron chi connectivity index (χ0n) is 12.9. The minimum Gasteiger partial charge on any atom is -0.337 e. The summed E-state index contributed by atoms with van der Waals surface area (Å²) in [6.07, 6.45) is 7.73. The lowest BCUT2D eigenvalue weighted by Gasteiger charge is -2.22. The maximum atomic E-state index is 12.8. The summed E-state index contributed by atoms with van der Waals surface area (Å²) < 4.78 is 0. The molecule has 23 heavy (non-hydrogen) atoms. The second kappa shape index (κ2) is 5.13. The molecule has 2 aromatic rings. The molecule has 0 radical (unpaired) electrons. The fourth-order valence-electron chi connectivity index (χ4n) is 5.00. The molecule has 5 heteroatoms. The normalized spacial score (nSPS) is 31.6. The molecule has 3 heterocycles. The van der Waals surface area contributed by atoms with Crippen molar-refractivity contribution in [2.24, 2.45) is 23.7 Å². The molecule has 0 spiro atoms. The first kappa shape index (κ1) is 13.7. The molecule has 2 bridgehead atoms. The summed E-state index contributed by atoms with van der Waals surface area (Å²) in [4.78, 5) is 23.6. The average molecular weight is 325 g/mol. The van der Waals surface area contributed by atoms with Crippen LogP contribution in [0.25, 0.3) is 10.6 Å². The summed E-state index contributed by atoms with van der Waals surface area (Å²) in [7, 11) is 0. The highest BCUT2D eigenvalue weighted by Gasteiger charge is 2.52. The Morgan fingerprint density at radius 1 is 1.22 bits per heavy atom. The van der Waals surface area contributed by atoms with E-state index in [4.69, 9.17) is 0 Å². The fourth-order valence-corrected chi connectivity index (χ4v) is 5.79. The lowest BCUT2D eigenvalue weighted by atomic mass is 9.82. The second-order valence-electron chi connectivity index (χ2n) is 7.15. The lowest BCUT2D eigenvalue weighted by Crippen LogP contribution is -2.30. The number of amides is 1. The van der Waals surface area contributed by atoms with Crippen molar-refractivity contribution in [2.45, 2.75) is 19.3 Å². The largest absolute Gasteiger partial charge is 0.337 e. The van der Waals surface area contributed by atoms with Gasteiger partial charge >= 0.3 is 0 Å². The van der Waals surface area contributed by atoms with Gasteiger partial charge in [-0.3, -0.25) is 9.78 Å². The SMILES string of the molecule is O=C(c1csc(-c2cccnc2)n1)N1C[C@@H]2[C@@H]3CC[C@@H](C3)[C@@H]2C1. The molecule has 2 aromatic heterocycles. The Morgan fingerprint density at radius 2 is 2.00 bits per heavy atom. The number of pyridine rings is 1. The third kappa shape index (κ3) is 2.13. The molecule has 0 N–H and O–H groups in total. The highest BCUT2D eigenvalue weighted by Crippen LogP contribution is 2.55.